The lowest BCUT2D eigenvalue weighted by atomic mass is 10.3. The number of aromatic nitrogens is 1. The van der Waals surface area contributed by atoms with E-state index in [1.54, 1.807) is 12.4 Å². The predicted octanol–water partition coefficient (Wildman–Crippen LogP) is -0.200. The molecule has 0 aliphatic rings. The molecule has 0 fully saturated rings. The first-order chi connectivity index (χ1) is 5.74. The van der Waals surface area contributed by atoms with Crippen LogP contribution < -0.4 is 17.0 Å². The zero-order valence-electron chi connectivity index (χ0n) is 6.78. The molecule has 0 spiro atoms. The van der Waals surface area contributed by atoms with Crippen molar-refractivity contribution in [3.63, 3.8) is 0 Å². The lowest BCUT2D eigenvalue weighted by Gasteiger charge is -2.00. The molecule has 0 unspecified atom stereocenters. The summed E-state index contributed by atoms with van der Waals surface area (Å²) < 4.78 is 0. The van der Waals surface area contributed by atoms with Crippen LogP contribution in [0.3, 0.4) is 0 Å². The van der Waals surface area contributed by atoms with Gasteiger partial charge in [0.25, 0.3) is 0 Å². The van der Waals surface area contributed by atoms with Crippen molar-refractivity contribution in [3.8, 4) is 0 Å². The number of hydrazine groups is 1. The standard InChI is InChI=1S/C7H11N5/c1-5-2-3-10-4-6(5)11-7(8)12-9/h2-4H,9H2,1H3,(H3,8,11,12). The summed E-state index contributed by atoms with van der Waals surface area (Å²) in [5.74, 6) is 5.22. The van der Waals surface area contributed by atoms with Crippen molar-refractivity contribution in [1.29, 1.82) is 0 Å². The Balaban J connectivity index is 2.96. The Morgan fingerprint density at radius 1 is 1.67 bits per heavy atom. The van der Waals surface area contributed by atoms with E-state index in [0.29, 0.717) is 5.69 Å². The third kappa shape index (κ3) is 1.93. The molecule has 1 aromatic rings. The zero-order chi connectivity index (χ0) is 8.97. The Hall–Kier alpha value is -1.62. The summed E-state index contributed by atoms with van der Waals surface area (Å²) in [6.07, 6.45) is 3.32. The molecule has 12 heavy (non-hydrogen) atoms. The first-order valence-electron chi connectivity index (χ1n) is 3.45. The van der Waals surface area contributed by atoms with Gasteiger partial charge in [-0.25, -0.2) is 10.8 Å². The van der Waals surface area contributed by atoms with Gasteiger partial charge >= 0.3 is 0 Å². The molecule has 0 bridgehead atoms. The minimum Gasteiger partial charge on any atom is -0.369 e. The molecule has 0 atom stereocenters. The Bertz CT molecular complexity index is 294. The maximum atomic E-state index is 5.36. The molecule has 0 aliphatic carbocycles. The second-order valence-electron chi connectivity index (χ2n) is 2.30. The van der Waals surface area contributed by atoms with Gasteiger partial charge in [-0.2, -0.15) is 0 Å². The van der Waals surface area contributed by atoms with Crippen LogP contribution in [0.15, 0.2) is 23.5 Å². The van der Waals surface area contributed by atoms with Crippen molar-refractivity contribution in [1.82, 2.24) is 10.4 Å². The molecule has 1 rings (SSSR count). The molecular weight excluding hydrogens is 154 g/mol. The van der Waals surface area contributed by atoms with Crippen molar-refractivity contribution in [3.05, 3.63) is 24.0 Å². The maximum absolute atomic E-state index is 5.36. The van der Waals surface area contributed by atoms with Gasteiger partial charge in [0.2, 0.25) is 5.96 Å². The molecule has 5 heteroatoms. The Labute approximate surface area is 70.5 Å². The molecule has 5 nitrogen and oxygen atoms in total. The lowest BCUT2D eigenvalue weighted by Crippen LogP contribution is -2.36. The van der Waals surface area contributed by atoms with Crippen molar-refractivity contribution in [2.75, 3.05) is 0 Å². The molecular formula is C7H11N5. The number of nitrogens with two attached hydrogens (primary N) is 2. The summed E-state index contributed by atoms with van der Waals surface area (Å²) in [7, 11) is 0. The average molecular weight is 165 g/mol. The smallest absolute Gasteiger partial charge is 0.208 e. The Morgan fingerprint density at radius 2 is 2.42 bits per heavy atom. The number of hydrogen-bond acceptors (Lipinski definition) is 3. The molecule has 0 radical (unpaired) electrons. The highest BCUT2D eigenvalue weighted by molar-refractivity contribution is 5.80. The zero-order valence-corrected chi connectivity index (χ0v) is 6.78. The number of pyridine rings is 1. The van der Waals surface area contributed by atoms with E-state index in [1.165, 1.54) is 0 Å². The number of aryl methyl sites for hydroxylation is 1. The maximum Gasteiger partial charge on any atom is 0.208 e. The number of nitrogens with zero attached hydrogens (tertiary/aromatic N) is 2. The number of aliphatic imine (C=N–C) groups is 1. The van der Waals surface area contributed by atoms with Crippen molar-refractivity contribution in [2.45, 2.75) is 6.92 Å². The summed E-state index contributed by atoms with van der Waals surface area (Å²) in [6.45, 7) is 1.92. The van der Waals surface area contributed by atoms with E-state index in [-0.39, 0.29) is 5.96 Å². The third-order valence-electron chi connectivity index (χ3n) is 1.40. The van der Waals surface area contributed by atoms with E-state index in [4.69, 9.17) is 11.6 Å². The molecule has 1 heterocycles. The minimum absolute atomic E-state index is 0.172. The van der Waals surface area contributed by atoms with Crippen LogP contribution in [0.5, 0.6) is 0 Å². The van der Waals surface area contributed by atoms with E-state index >= 15 is 0 Å². The molecule has 64 valence electrons. The molecule has 0 aliphatic heterocycles. The minimum atomic E-state index is 0.172. The Kier molecular flexibility index (Phi) is 2.60. The lowest BCUT2D eigenvalue weighted by molar-refractivity contribution is 1.01. The van der Waals surface area contributed by atoms with Crippen molar-refractivity contribution < 1.29 is 0 Å². The van der Waals surface area contributed by atoms with Gasteiger partial charge in [0.1, 0.15) is 0 Å². The van der Waals surface area contributed by atoms with Gasteiger partial charge in [-0.15, -0.1) is 0 Å². The van der Waals surface area contributed by atoms with Crippen molar-refractivity contribution >= 4 is 11.6 Å². The van der Waals surface area contributed by atoms with E-state index in [9.17, 15) is 0 Å². The van der Waals surface area contributed by atoms with Gasteiger partial charge in [-0.3, -0.25) is 10.4 Å². The number of nitrogens with one attached hydrogen (secondary N) is 1. The van der Waals surface area contributed by atoms with Gasteiger partial charge in [0, 0.05) is 6.20 Å². The Morgan fingerprint density at radius 3 is 3.00 bits per heavy atom. The first kappa shape index (κ1) is 8.48. The summed E-state index contributed by atoms with van der Waals surface area (Å²) in [5, 5.41) is 0. The van der Waals surface area contributed by atoms with Crippen LogP contribution in [0.1, 0.15) is 5.56 Å². The van der Waals surface area contributed by atoms with Gasteiger partial charge in [0.05, 0.1) is 11.9 Å². The van der Waals surface area contributed by atoms with Gasteiger partial charge in [-0.1, -0.05) is 0 Å². The van der Waals surface area contributed by atoms with Crippen LogP contribution in [0, 0.1) is 6.92 Å². The van der Waals surface area contributed by atoms with Gasteiger partial charge in [0.15, 0.2) is 0 Å². The largest absolute Gasteiger partial charge is 0.369 e. The van der Waals surface area contributed by atoms with Crippen LogP contribution in [0.25, 0.3) is 0 Å². The van der Waals surface area contributed by atoms with Crippen LogP contribution in [-0.2, 0) is 0 Å². The summed E-state index contributed by atoms with van der Waals surface area (Å²) in [6, 6.07) is 1.85. The van der Waals surface area contributed by atoms with Crippen LogP contribution in [0.4, 0.5) is 5.69 Å². The fourth-order valence-corrected chi connectivity index (χ4v) is 0.735. The number of guanidine groups is 1. The summed E-state index contributed by atoms with van der Waals surface area (Å²) >= 11 is 0. The molecule has 0 saturated heterocycles. The van der Waals surface area contributed by atoms with E-state index in [1.807, 2.05) is 13.0 Å². The van der Waals surface area contributed by atoms with Crippen LogP contribution >= 0.6 is 0 Å². The van der Waals surface area contributed by atoms with Crippen LogP contribution in [-0.4, -0.2) is 10.9 Å². The highest BCUT2D eigenvalue weighted by Gasteiger charge is 1.94. The normalized spacial score (nSPS) is 11.3. The monoisotopic (exact) mass is 165 g/mol. The molecule has 5 N–H and O–H groups in total. The average Bonchev–Trinajstić information content (AvgIpc) is 2.09. The number of rotatable bonds is 1. The molecule has 0 saturated carbocycles. The molecule has 0 aromatic carbocycles. The fourth-order valence-electron chi connectivity index (χ4n) is 0.735. The second kappa shape index (κ2) is 3.68. The van der Waals surface area contributed by atoms with E-state index < -0.39 is 0 Å². The quantitative estimate of drug-likeness (QED) is 0.233. The van der Waals surface area contributed by atoms with Crippen LogP contribution in [0.2, 0.25) is 0 Å². The highest BCUT2D eigenvalue weighted by Crippen LogP contribution is 2.14. The topological polar surface area (TPSA) is 89.3 Å². The van der Waals surface area contributed by atoms with Gasteiger partial charge < -0.3 is 5.73 Å². The molecule has 0 amide bonds. The number of hydrogen-bond donors (Lipinski definition) is 3. The van der Waals surface area contributed by atoms with Gasteiger partial charge in [-0.05, 0) is 18.6 Å². The van der Waals surface area contributed by atoms with Crippen molar-refractivity contribution in [2.24, 2.45) is 16.6 Å². The highest BCUT2D eigenvalue weighted by atomic mass is 15.3. The molecule has 1 aromatic heterocycles. The summed E-state index contributed by atoms with van der Waals surface area (Å²) in [4.78, 5) is 7.87. The van der Waals surface area contributed by atoms with E-state index in [2.05, 4.69) is 15.4 Å². The van der Waals surface area contributed by atoms with E-state index in [0.717, 1.165) is 5.56 Å². The predicted molar refractivity (Wildman–Crippen MR) is 47.6 cm³/mol. The SMILES string of the molecule is Cc1ccncc1N=C(N)NN. The fraction of sp³-hybridized carbons (Fsp3) is 0.143. The third-order valence-corrected chi connectivity index (χ3v) is 1.40. The first-order valence-corrected chi connectivity index (χ1v) is 3.45. The summed E-state index contributed by atoms with van der Waals surface area (Å²) in [5.41, 5.74) is 9.32. The second-order valence-corrected chi connectivity index (χ2v) is 2.30.